The van der Waals surface area contributed by atoms with Crippen LogP contribution in [-0.2, 0) is 0 Å². The van der Waals surface area contributed by atoms with Crippen molar-refractivity contribution in [2.24, 2.45) is 0 Å². The van der Waals surface area contributed by atoms with Crippen molar-refractivity contribution in [2.75, 3.05) is 20.8 Å². The monoisotopic (exact) mass is 279 g/mol. The summed E-state index contributed by atoms with van der Waals surface area (Å²) in [6.45, 7) is 4.90. The number of benzene rings is 1. The Morgan fingerprint density at radius 1 is 1.25 bits per heavy atom. The number of hydrogen-bond acceptors (Lipinski definition) is 4. The first kappa shape index (κ1) is 16.5. The molecule has 1 aromatic carbocycles. The number of ether oxygens (including phenoxy) is 2. The number of carbonyl (C=O) groups excluding carboxylic acids is 1. The summed E-state index contributed by atoms with van der Waals surface area (Å²) in [6, 6.07) is 5.05. The minimum Gasteiger partial charge on any atom is -0.497 e. The van der Waals surface area contributed by atoms with E-state index in [0.717, 1.165) is 13.0 Å². The van der Waals surface area contributed by atoms with Crippen molar-refractivity contribution < 1.29 is 14.3 Å². The van der Waals surface area contributed by atoms with Gasteiger partial charge in [0.2, 0.25) is 0 Å². The normalized spacial score (nSPS) is 12.0. The largest absolute Gasteiger partial charge is 0.497 e. The Balaban J connectivity index is 2.74. The van der Waals surface area contributed by atoms with E-state index in [0.29, 0.717) is 17.1 Å². The molecule has 0 amide bonds. The Morgan fingerprint density at radius 2 is 2.00 bits per heavy atom. The van der Waals surface area contributed by atoms with Gasteiger partial charge in [-0.3, -0.25) is 4.79 Å². The van der Waals surface area contributed by atoms with E-state index in [1.807, 2.05) is 6.92 Å². The zero-order valence-corrected chi connectivity index (χ0v) is 12.9. The molecule has 1 aromatic rings. The molecule has 0 saturated carbocycles. The third-order valence-corrected chi connectivity index (χ3v) is 3.30. The lowest BCUT2D eigenvalue weighted by atomic mass is 10.0. The highest BCUT2D eigenvalue weighted by Gasteiger charge is 2.19. The number of hydrogen-bond donors (Lipinski definition) is 1. The fourth-order valence-corrected chi connectivity index (χ4v) is 2.03. The molecule has 0 aliphatic carbocycles. The van der Waals surface area contributed by atoms with Gasteiger partial charge in [-0.15, -0.1) is 0 Å². The third-order valence-electron chi connectivity index (χ3n) is 3.30. The fraction of sp³-hybridized carbons (Fsp3) is 0.562. The van der Waals surface area contributed by atoms with Gasteiger partial charge < -0.3 is 14.8 Å². The quantitative estimate of drug-likeness (QED) is 0.557. The molecule has 112 valence electrons. The van der Waals surface area contributed by atoms with E-state index in [9.17, 15) is 4.79 Å². The first-order valence-corrected chi connectivity index (χ1v) is 7.13. The second-order valence-electron chi connectivity index (χ2n) is 4.81. The van der Waals surface area contributed by atoms with Crippen LogP contribution in [0.1, 0.15) is 43.5 Å². The van der Waals surface area contributed by atoms with Gasteiger partial charge in [0, 0.05) is 0 Å². The van der Waals surface area contributed by atoms with E-state index < -0.39 is 0 Å². The Morgan fingerprint density at radius 3 is 2.60 bits per heavy atom. The van der Waals surface area contributed by atoms with E-state index in [-0.39, 0.29) is 11.8 Å². The molecule has 0 aliphatic heterocycles. The van der Waals surface area contributed by atoms with Gasteiger partial charge in [-0.1, -0.05) is 19.8 Å². The standard InChI is InChI=1S/C16H25NO3/c1-5-6-7-10-17-12(2)16(18)14-11-13(19-3)8-9-15(14)20-4/h8-9,11-12,17H,5-7,10H2,1-4H3. The maximum absolute atomic E-state index is 12.5. The summed E-state index contributed by atoms with van der Waals surface area (Å²) >= 11 is 0. The molecule has 0 bridgehead atoms. The van der Waals surface area contributed by atoms with Gasteiger partial charge in [-0.05, 0) is 38.1 Å². The van der Waals surface area contributed by atoms with Crippen LogP contribution >= 0.6 is 0 Å². The zero-order valence-electron chi connectivity index (χ0n) is 12.9. The van der Waals surface area contributed by atoms with Crippen LogP contribution in [-0.4, -0.2) is 32.6 Å². The van der Waals surface area contributed by atoms with E-state index in [1.165, 1.54) is 12.8 Å². The molecular weight excluding hydrogens is 254 g/mol. The molecule has 0 radical (unpaired) electrons. The van der Waals surface area contributed by atoms with Gasteiger partial charge in [-0.2, -0.15) is 0 Å². The highest BCUT2D eigenvalue weighted by atomic mass is 16.5. The minimum atomic E-state index is -0.229. The van der Waals surface area contributed by atoms with Crippen molar-refractivity contribution in [2.45, 2.75) is 39.2 Å². The lowest BCUT2D eigenvalue weighted by Gasteiger charge is -2.15. The number of ketones is 1. The van der Waals surface area contributed by atoms with Crippen LogP contribution in [0, 0.1) is 0 Å². The van der Waals surface area contributed by atoms with Crippen LogP contribution in [0.3, 0.4) is 0 Å². The highest BCUT2D eigenvalue weighted by Crippen LogP contribution is 2.25. The van der Waals surface area contributed by atoms with Crippen molar-refractivity contribution in [3.63, 3.8) is 0 Å². The van der Waals surface area contributed by atoms with Crippen molar-refractivity contribution in [1.29, 1.82) is 0 Å². The van der Waals surface area contributed by atoms with Gasteiger partial charge >= 0.3 is 0 Å². The van der Waals surface area contributed by atoms with Crippen LogP contribution in [0.2, 0.25) is 0 Å². The van der Waals surface area contributed by atoms with Crippen LogP contribution in [0.25, 0.3) is 0 Å². The van der Waals surface area contributed by atoms with Crippen molar-refractivity contribution in [1.82, 2.24) is 5.32 Å². The summed E-state index contributed by atoms with van der Waals surface area (Å²) in [5.74, 6) is 1.27. The molecule has 1 rings (SSSR count). The zero-order chi connectivity index (χ0) is 15.0. The molecule has 4 nitrogen and oxygen atoms in total. The van der Waals surface area contributed by atoms with E-state index in [4.69, 9.17) is 9.47 Å². The van der Waals surface area contributed by atoms with Crippen LogP contribution in [0.4, 0.5) is 0 Å². The maximum Gasteiger partial charge on any atom is 0.183 e. The molecule has 0 heterocycles. The van der Waals surface area contributed by atoms with Gasteiger partial charge in [-0.25, -0.2) is 0 Å². The number of methoxy groups -OCH3 is 2. The third kappa shape index (κ3) is 4.53. The van der Waals surface area contributed by atoms with Gasteiger partial charge in [0.05, 0.1) is 25.8 Å². The minimum absolute atomic E-state index is 0.0252. The summed E-state index contributed by atoms with van der Waals surface area (Å²) in [5.41, 5.74) is 0.558. The molecular formula is C16H25NO3. The Kier molecular flexibility index (Phi) is 7.09. The predicted molar refractivity (Wildman–Crippen MR) is 80.9 cm³/mol. The second-order valence-corrected chi connectivity index (χ2v) is 4.81. The van der Waals surface area contributed by atoms with Gasteiger partial charge in [0.15, 0.2) is 5.78 Å². The van der Waals surface area contributed by atoms with E-state index in [2.05, 4.69) is 12.2 Å². The molecule has 20 heavy (non-hydrogen) atoms. The average Bonchev–Trinajstić information content (AvgIpc) is 2.49. The molecule has 1 N–H and O–H groups in total. The highest BCUT2D eigenvalue weighted by molar-refractivity contribution is 6.02. The smallest absolute Gasteiger partial charge is 0.183 e. The molecule has 4 heteroatoms. The van der Waals surface area contributed by atoms with Crippen molar-refractivity contribution >= 4 is 5.78 Å². The van der Waals surface area contributed by atoms with Gasteiger partial charge in [0.1, 0.15) is 11.5 Å². The molecule has 0 spiro atoms. The van der Waals surface area contributed by atoms with Crippen molar-refractivity contribution in [3.8, 4) is 11.5 Å². The van der Waals surface area contributed by atoms with Crippen LogP contribution in [0.5, 0.6) is 11.5 Å². The molecule has 1 atom stereocenters. The summed E-state index contributed by atoms with van der Waals surface area (Å²) < 4.78 is 10.4. The lowest BCUT2D eigenvalue weighted by Crippen LogP contribution is -2.34. The van der Waals surface area contributed by atoms with Crippen molar-refractivity contribution in [3.05, 3.63) is 23.8 Å². The number of nitrogens with one attached hydrogen (secondary N) is 1. The Labute approximate surface area is 121 Å². The lowest BCUT2D eigenvalue weighted by molar-refractivity contribution is 0.0947. The summed E-state index contributed by atoms with van der Waals surface area (Å²) in [4.78, 5) is 12.5. The maximum atomic E-state index is 12.5. The molecule has 0 fully saturated rings. The van der Waals surface area contributed by atoms with E-state index >= 15 is 0 Å². The second kappa shape index (κ2) is 8.59. The van der Waals surface area contributed by atoms with Crippen LogP contribution in [0.15, 0.2) is 18.2 Å². The summed E-state index contributed by atoms with van der Waals surface area (Å²) in [6.07, 6.45) is 3.44. The average molecular weight is 279 g/mol. The first-order valence-electron chi connectivity index (χ1n) is 7.13. The number of rotatable bonds is 9. The molecule has 0 aromatic heterocycles. The predicted octanol–water partition coefficient (Wildman–Crippen LogP) is 3.05. The summed E-state index contributed by atoms with van der Waals surface area (Å²) in [5, 5.41) is 3.26. The topological polar surface area (TPSA) is 47.6 Å². The number of unbranched alkanes of at least 4 members (excludes halogenated alkanes) is 2. The van der Waals surface area contributed by atoms with E-state index in [1.54, 1.807) is 32.4 Å². The number of carbonyl (C=O) groups is 1. The molecule has 0 aliphatic rings. The Bertz CT molecular complexity index is 432. The number of Topliss-reactive ketones (excluding diaryl/α,β-unsaturated/α-hetero) is 1. The molecule has 0 saturated heterocycles. The first-order chi connectivity index (χ1) is 9.63. The summed E-state index contributed by atoms with van der Waals surface area (Å²) in [7, 11) is 3.15. The van der Waals surface area contributed by atoms with Gasteiger partial charge in [0.25, 0.3) is 0 Å². The molecule has 1 unspecified atom stereocenters. The Hall–Kier alpha value is -1.55. The SMILES string of the molecule is CCCCCNC(C)C(=O)c1cc(OC)ccc1OC. The fourth-order valence-electron chi connectivity index (χ4n) is 2.03. The van der Waals surface area contributed by atoms with Crippen LogP contribution < -0.4 is 14.8 Å².